The number of fused-ring (bicyclic) bond motifs is 1. The number of aromatic nitrogens is 2. The average Bonchev–Trinajstić information content (AvgIpc) is 3.01. The number of hydrogen-bond acceptors (Lipinski definition) is 2. The van der Waals surface area contributed by atoms with Gasteiger partial charge in [0.1, 0.15) is 0 Å². The number of amides is 1. The first-order chi connectivity index (χ1) is 9.74. The fourth-order valence-electron chi connectivity index (χ4n) is 2.76. The van der Waals surface area contributed by atoms with Gasteiger partial charge in [0.25, 0.3) is 5.91 Å². The number of carbonyl (C=O) groups is 1. The Balaban J connectivity index is 1.74. The lowest BCUT2D eigenvalue weighted by atomic mass is 9.89. The fraction of sp³-hybridized carbons (Fsp3) is 0.375. The third-order valence-electron chi connectivity index (χ3n) is 3.98. The first-order valence-corrected chi connectivity index (χ1v) is 7.15. The maximum absolute atomic E-state index is 12.0. The number of aromatic amines is 1. The molecular weight excluding hydrogens is 250 g/mol. The van der Waals surface area contributed by atoms with Crippen molar-refractivity contribution in [2.24, 2.45) is 0 Å². The molecule has 0 bridgehead atoms. The molecular formula is C16H19N3O. The zero-order valence-electron chi connectivity index (χ0n) is 11.6. The van der Waals surface area contributed by atoms with Gasteiger partial charge in [-0.05, 0) is 49.3 Å². The molecule has 20 heavy (non-hydrogen) atoms. The molecule has 104 valence electrons. The Kier molecular flexibility index (Phi) is 3.54. The van der Waals surface area contributed by atoms with Crippen LogP contribution in [0.5, 0.6) is 0 Å². The van der Waals surface area contributed by atoms with Crippen LogP contribution in [-0.2, 0) is 12.8 Å². The summed E-state index contributed by atoms with van der Waals surface area (Å²) in [6.07, 6.45) is 8.05. The van der Waals surface area contributed by atoms with Gasteiger partial charge < -0.3 is 5.32 Å². The first-order valence-electron chi connectivity index (χ1n) is 7.15. The van der Waals surface area contributed by atoms with Crippen LogP contribution in [-0.4, -0.2) is 16.1 Å². The van der Waals surface area contributed by atoms with E-state index in [2.05, 4.69) is 33.7 Å². The van der Waals surface area contributed by atoms with Crippen LogP contribution in [0.3, 0.4) is 0 Å². The maximum Gasteiger partial charge on any atom is 0.254 e. The van der Waals surface area contributed by atoms with Gasteiger partial charge in [-0.3, -0.25) is 9.89 Å². The highest BCUT2D eigenvalue weighted by Gasteiger charge is 2.15. The highest BCUT2D eigenvalue weighted by Crippen LogP contribution is 2.24. The van der Waals surface area contributed by atoms with E-state index in [4.69, 9.17) is 0 Å². The molecule has 1 unspecified atom stereocenters. The molecule has 1 aromatic heterocycles. The minimum atomic E-state index is -0.0935. The van der Waals surface area contributed by atoms with Gasteiger partial charge in [-0.1, -0.05) is 18.2 Å². The molecule has 0 saturated heterocycles. The number of benzene rings is 1. The van der Waals surface area contributed by atoms with Crippen molar-refractivity contribution in [2.45, 2.75) is 38.6 Å². The molecule has 1 heterocycles. The summed E-state index contributed by atoms with van der Waals surface area (Å²) >= 11 is 0. The van der Waals surface area contributed by atoms with Crippen molar-refractivity contribution in [3.63, 3.8) is 0 Å². The third kappa shape index (κ3) is 2.59. The van der Waals surface area contributed by atoms with E-state index in [1.54, 1.807) is 6.20 Å². The van der Waals surface area contributed by atoms with Crippen LogP contribution in [0.15, 0.2) is 30.6 Å². The second-order valence-corrected chi connectivity index (χ2v) is 5.42. The molecule has 0 saturated carbocycles. The van der Waals surface area contributed by atoms with Gasteiger partial charge in [0.05, 0.1) is 17.8 Å². The number of rotatable bonds is 3. The predicted molar refractivity (Wildman–Crippen MR) is 77.6 cm³/mol. The molecule has 0 aliphatic heterocycles. The van der Waals surface area contributed by atoms with E-state index < -0.39 is 0 Å². The van der Waals surface area contributed by atoms with Crippen molar-refractivity contribution >= 4 is 5.91 Å². The lowest BCUT2D eigenvalue weighted by molar-refractivity contribution is 0.0940. The normalized spacial score (nSPS) is 15.4. The van der Waals surface area contributed by atoms with Crippen LogP contribution in [0.2, 0.25) is 0 Å². The van der Waals surface area contributed by atoms with Gasteiger partial charge >= 0.3 is 0 Å². The van der Waals surface area contributed by atoms with Gasteiger partial charge in [0.15, 0.2) is 0 Å². The average molecular weight is 269 g/mol. The quantitative estimate of drug-likeness (QED) is 0.900. The number of nitrogens with one attached hydrogen (secondary N) is 2. The molecule has 1 amide bonds. The Bertz CT molecular complexity index is 604. The lowest BCUT2D eigenvalue weighted by Gasteiger charge is -2.19. The molecule has 1 aliphatic rings. The van der Waals surface area contributed by atoms with Crippen molar-refractivity contribution in [3.05, 3.63) is 52.8 Å². The Hall–Kier alpha value is -2.10. The topological polar surface area (TPSA) is 57.8 Å². The second kappa shape index (κ2) is 5.49. The van der Waals surface area contributed by atoms with Crippen LogP contribution in [0.1, 0.15) is 52.9 Å². The Morgan fingerprint density at radius 3 is 2.85 bits per heavy atom. The molecule has 1 atom stereocenters. The standard InChI is InChI=1S/C16H19N3O/c1-11(19-16(20)15-9-17-18-10-15)13-7-6-12-4-2-3-5-14(12)8-13/h6-11H,2-5H2,1H3,(H,17,18)(H,19,20). The van der Waals surface area contributed by atoms with E-state index in [1.807, 2.05) is 6.92 Å². The van der Waals surface area contributed by atoms with E-state index in [0.717, 1.165) is 6.42 Å². The van der Waals surface area contributed by atoms with Crippen LogP contribution < -0.4 is 5.32 Å². The van der Waals surface area contributed by atoms with Crippen molar-refractivity contribution in [1.82, 2.24) is 15.5 Å². The first kappa shape index (κ1) is 12.9. The summed E-state index contributed by atoms with van der Waals surface area (Å²) in [5.41, 5.74) is 4.64. The van der Waals surface area contributed by atoms with Crippen molar-refractivity contribution in [2.75, 3.05) is 0 Å². The Labute approximate surface area is 118 Å². The summed E-state index contributed by atoms with van der Waals surface area (Å²) in [6, 6.07) is 6.59. The molecule has 0 radical (unpaired) electrons. The fourth-order valence-corrected chi connectivity index (χ4v) is 2.76. The summed E-state index contributed by atoms with van der Waals surface area (Å²) in [5.74, 6) is -0.0935. The van der Waals surface area contributed by atoms with Crippen LogP contribution in [0.4, 0.5) is 0 Å². The number of carbonyl (C=O) groups excluding carboxylic acids is 1. The van der Waals surface area contributed by atoms with E-state index >= 15 is 0 Å². The zero-order chi connectivity index (χ0) is 13.9. The summed E-state index contributed by atoms with van der Waals surface area (Å²) in [5, 5.41) is 9.46. The Morgan fingerprint density at radius 2 is 2.10 bits per heavy atom. The second-order valence-electron chi connectivity index (χ2n) is 5.42. The van der Waals surface area contributed by atoms with E-state index in [0.29, 0.717) is 5.56 Å². The van der Waals surface area contributed by atoms with Gasteiger partial charge in [-0.15, -0.1) is 0 Å². The van der Waals surface area contributed by atoms with Gasteiger partial charge in [0, 0.05) is 6.20 Å². The van der Waals surface area contributed by atoms with Crippen molar-refractivity contribution in [3.8, 4) is 0 Å². The Morgan fingerprint density at radius 1 is 1.30 bits per heavy atom. The summed E-state index contributed by atoms with van der Waals surface area (Å²) in [4.78, 5) is 12.0. The third-order valence-corrected chi connectivity index (χ3v) is 3.98. The molecule has 3 rings (SSSR count). The minimum absolute atomic E-state index is 0.00428. The zero-order valence-corrected chi connectivity index (χ0v) is 11.6. The molecule has 1 aliphatic carbocycles. The van der Waals surface area contributed by atoms with Crippen molar-refractivity contribution < 1.29 is 4.79 Å². The van der Waals surface area contributed by atoms with Crippen LogP contribution in [0.25, 0.3) is 0 Å². The molecule has 2 aromatic rings. The smallest absolute Gasteiger partial charge is 0.254 e. The minimum Gasteiger partial charge on any atom is -0.345 e. The molecule has 0 spiro atoms. The molecule has 4 heteroatoms. The number of hydrogen-bond donors (Lipinski definition) is 2. The SMILES string of the molecule is CC(NC(=O)c1cn[nH]c1)c1ccc2c(c1)CCCC2. The molecule has 4 nitrogen and oxygen atoms in total. The number of nitrogens with zero attached hydrogens (tertiary/aromatic N) is 1. The van der Waals surface area contributed by atoms with E-state index in [-0.39, 0.29) is 11.9 Å². The summed E-state index contributed by atoms with van der Waals surface area (Å²) in [6.45, 7) is 2.02. The predicted octanol–water partition coefficient (Wildman–Crippen LogP) is 2.78. The lowest BCUT2D eigenvalue weighted by Crippen LogP contribution is -2.26. The summed E-state index contributed by atoms with van der Waals surface area (Å²) < 4.78 is 0. The largest absolute Gasteiger partial charge is 0.345 e. The van der Waals surface area contributed by atoms with Gasteiger partial charge in [-0.25, -0.2) is 0 Å². The van der Waals surface area contributed by atoms with Crippen molar-refractivity contribution in [1.29, 1.82) is 0 Å². The monoisotopic (exact) mass is 269 g/mol. The van der Waals surface area contributed by atoms with Crippen LogP contribution >= 0.6 is 0 Å². The highest BCUT2D eigenvalue weighted by atomic mass is 16.1. The van der Waals surface area contributed by atoms with E-state index in [9.17, 15) is 4.79 Å². The summed E-state index contributed by atoms with van der Waals surface area (Å²) in [7, 11) is 0. The van der Waals surface area contributed by atoms with Crippen LogP contribution in [0, 0.1) is 0 Å². The number of H-pyrrole nitrogens is 1. The van der Waals surface area contributed by atoms with Gasteiger partial charge in [0.2, 0.25) is 0 Å². The molecule has 1 aromatic carbocycles. The maximum atomic E-state index is 12.0. The molecule has 2 N–H and O–H groups in total. The molecule has 0 fully saturated rings. The van der Waals surface area contributed by atoms with Gasteiger partial charge in [-0.2, -0.15) is 5.10 Å². The highest BCUT2D eigenvalue weighted by molar-refractivity contribution is 5.93. The number of aryl methyl sites for hydroxylation is 2. The van der Waals surface area contributed by atoms with E-state index in [1.165, 1.54) is 42.1 Å².